The summed E-state index contributed by atoms with van der Waals surface area (Å²) in [6.07, 6.45) is 1.15. The van der Waals surface area contributed by atoms with Crippen molar-refractivity contribution < 1.29 is 4.79 Å². The third-order valence-corrected chi connectivity index (χ3v) is 3.93. The molecule has 1 unspecified atom stereocenters. The molecule has 1 fully saturated rings. The van der Waals surface area contributed by atoms with Gasteiger partial charge in [0.2, 0.25) is 0 Å². The molecule has 1 heterocycles. The first kappa shape index (κ1) is 11.7. The molecule has 0 aliphatic carbocycles. The molecule has 0 aromatic heterocycles. The zero-order chi connectivity index (χ0) is 10.6. The molecule has 2 amide bonds. The van der Waals surface area contributed by atoms with Gasteiger partial charge in [0.25, 0.3) is 0 Å². The van der Waals surface area contributed by atoms with E-state index < -0.39 is 0 Å². The van der Waals surface area contributed by atoms with Gasteiger partial charge in [0.15, 0.2) is 0 Å². The maximum absolute atomic E-state index is 11.9. The molecule has 4 heteroatoms. The Morgan fingerprint density at radius 3 is 2.50 bits per heavy atom. The first-order chi connectivity index (χ1) is 6.70. The maximum atomic E-state index is 11.9. The molecule has 0 radical (unpaired) electrons. The largest absolute Gasteiger partial charge is 0.325 e. The number of urea groups is 1. The fraction of sp³-hybridized carbons (Fsp3) is 0.900. The van der Waals surface area contributed by atoms with Crippen LogP contribution in [0.1, 0.15) is 20.3 Å². The van der Waals surface area contributed by atoms with Crippen molar-refractivity contribution in [3.05, 3.63) is 0 Å². The lowest BCUT2D eigenvalue weighted by Crippen LogP contribution is -2.45. The van der Waals surface area contributed by atoms with Crippen LogP contribution in [-0.2, 0) is 0 Å². The summed E-state index contributed by atoms with van der Waals surface area (Å²) in [5, 5.41) is 0. The summed E-state index contributed by atoms with van der Waals surface area (Å²) < 4.78 is 0. The van der Waals surface area contributed by atoms with Crippen LogP contribution in [-0.4, -0.2) is 53.5 Å². The molecule has 1 aliphatic heterocycles. The third kappa shape index (κ3) is 2.56. The molecule has 1 atom stereocenters. The summed E-state index contributed by atoms with van der Waals surface area (Å²) >= 11 is 1.94. The molecular formula is C10H20N2OS. The topological polar surface area (TPSA) is 23.6 Å². The first-order valence-electron chi connectivity index (χ1n) is 5.30. The van der Waals surface area contributed by atoms with Crippen LogP contribution in [0.25, 0.3) is 0 Å². The van der Waals surface area contributed by atoms with E-state index in [1.807, 2.05) is 42.5 Å². The molecular weight excluding hydrogens is 196 g/mol. The van der Waals surface area contributed by atoms with Crippen LogP contribution >= 0.6 is 11.8 Å². The number of amides is 2. The minimum absolute atomic E-state index is 0.183. The highest BCUT2D eigenvalue weighted by molar-refractivity contribution is 7.99. The second kappa shape index (κ2) is 5.49. The Bertz CT molecular complexity index is 189. The van der Waals surface area contributed by atoms with Crippen LogP contribution in [0.5, 0.6) is 0 Å². The summed E-state index contributed by atoms with van der Waals surface area (Å²) in [5.74, 6) is 2.30. The van der Waals surface area contributed by atoms with Crippen molar-refractivity contribution in [3.8, 4) is 0 Å². The second-order valence-corrected chi connectivity index (χ2v) is 4.73. The van der Waals surface area contributed by atoms with Crippen LogP contribution in [0.2, 0.25) is 0 Å². The number of thioether (sulfide) groups is 1. The predicted octanol–water partition coefficient (Wildman–Crippen LogP) is 1.89. The van der Waals surface area contributed by atoms with Gasteiger partial charge < -0.3 is 9.80 Å². The Labute approximate surface area is 90.8 Å². The fourth-order valence-electron chi connectivity index (χ4n) is 1.70. The van der Waals surface area contributed by atoms with Crippen molar-refractivity contribution in [3.63, 3.8) is 0 Å². The summed E-state index contributed by atoms with van der Waals surface area (Å²) in [6.45, 7) is 5.66. The summed E-state index contributed by atoms with van der Waals surface area (Å²) in [6, 6.07) is 0.635. The molecule has 1 rings (SSSR count). The zero-order valence-corrected chi connectivity index (χ0v) is 10.1. The van der Waals surface area contributed by atoms with Gasteiger partial charge in [0, 0.05) is 31.9 Å². The molecule has 0 spiro atoms. The van der Waals surface area contributed by atoms with Crippen LogP contribution in [0.15, 0.2) is 0 Å². The number of hydrogen-bond acceptors (Lipinski definition) is 2. The third-order valence-electron chi connectivity index (χ3n) is 2.79. The van der Waals surface area contributed by atoms with E-state index in [4.69, 9.17) is 0 Å². The number of carbonyl (C=O) groups excluding carboxylic acids is 1. The minimum atomic E-state index is 0.183. The van der Waals surface area contributed by atoms with Crippen molar-refractivity contribution in [2.45, 2.75) is 26.3 Å². The van der Waals surface area contributed by atoms with Crippen molar-refractivity contribution >= 4 is 17.8 Å². The highest BCUT2D eigenvalue weighted by atomic mass is 32.2. The molecule has 82 valence electrons. The van der Waals surface area contributed by atoms with E-state index >= 15 is 0 Å². The van der Waals surface area contributed by atoms with E-state index in [2.05, 4.69) is 0 Å². The van der Waals surface area contributed by atoms with Gasteiger partial charge in [0.05, 0.1) is 0 Å². The minimum Gasteiger partial charge on any atom is -0.325 e. The van der Waals surface area contributed by atoms with Gasteiger partial charge >= 0.3 is 6.03 Å². The zero-order valence-electron chi connectivity index (χ0n) is 9.32. The number of nitrogens with zero attached hydrogens (tertiary/aromatic N) is 2. The van der Waals surface area contributed by atoms with Crippen LogP contribution in [0.4, 0.5) is 4.79 Å². The smallest absolute Gasteiger partial charge is 0.319 e. The summed E-state index contributed by atoms with van der Waals surface area (Å²) in [4.78, 5) is 15.7. The molecule has 1 saturated heterocycles. The van der Waals surface area contributed by atoms with E-state index in [0.29, 0.717) is 6.04 Å². The van der Waals surface area contributed by atoms with Crippen molar-refractivity contribution in [2.75, 3.05) is 31.6 Å². The van der Waals surface area contributed by atoms with E-state index in [1.165, 1.54) is 5.75 Å². The van der Waals surface area contributed by atoms with Crippen LogP contribution < -0.4 is 0 Å². The molecule has 0 bridgehead atoms. The fourth-order valence-corrected chi connectivity index (χ4v) is 2.97. The SMILES string of the molecule is CCN(CC)C(=O)N(C)C1CCSC1. The van der Waals surface area contributed by atoms with Gasteiger partial charge in [-0.25, -0.2) is 4.79 Å². The highest BCUT2D eigenvalue weighted by Gasteiger charge is 2.25. The average Bonchev–Trinajstić information content (AvgIpc) is 2.71. The molecule has 0 saturated carbocycles. The van der Waals surface area contributed by atoms with E-state index in [9.17, 15) is 4.79 Å². The Hall–Kier alpha value is -0.380. The van der Waals surface area contributed by atoms with Gasteiger partial charge in [-0.2, -0.15) is 11.8 Å². The normalized spacial score (nSPS) is 20.9. The second-order valence-electron chi connectivity index (χ2n) is 3.58. The lowest BCUT2D eigenvalue weighted by atomic mass is 10.2. The van der Waals surface area contributed by atoms with Gasteiger partial charge in [-0.3, -0.25) is 0 Å². The Morgan fingerprint density at radius 2 is 2.07 bits per heavy atom. The van der Waals surface area contributed by atoms with Gasteiger partial charge in [0.1, 0.15) is 0 Å². The maximum Gasteiger partial charge on any atom is 0.319 e. The predicted molar refractivity (Wildman–Crippen MR) is 61.8 cm³/mol. The quantitative estimate of drug-likeness (QED) is 0.719. The monoisotopic (exact) mass is 216 g/mol. The Kier molecular flexibility index (Phi) is 4.58. The van der Waals surface area contributed by atoms with E-state index in [1.54, 1.807) is 0 Å². The summed E-state index contributed by atoms with van der Waals surface area (Å²) in [5.41, 5.74) is 0. The van der Waals surface area contributed by atoms with Crippen molar-refractivity contribution in [1.29, 1.82) is 0 Å². The molecule has 0 aromatic carbocycles. The number of hydrogen-bond donors (Lipinski definition) is 0. The Balaban J connectivity index is 2.49. The van der Waals surface area contributed by atoms with Crippen LogP contribution in [0, 0.1) is 0 Å². The first-order valence-corrected chi connectivity index (χ1v) is 6.45. The van der Waals surface area contributed by atoms with Gasteiger partial charge in [-0.15, -0.1) is 0 Å². The molecule has 0 aromatic rings. The van der Waals surface area contributed by atoms with Gasteiger partial charge in [-0.1, -0.05) is 0 Å². The van der Waals surface area contributed by atoms with Crippen molar-refractivity contribution in [1.82, 2.24) is 9.80 Å². The van der Waals surface area contributed by atoms with E-state index in [0.717, 1.165) is 25.3 Å². The lowest BCUT2D eigenvalue weighted by Gasteiger charge is -2.30. The van der Waals surface area contributed by atoms with Crippen LogP contribution in [0.3, 0.4) is 0 Å². The summed E-state index contributed by atoms with van der Waals surface area (Å²) in [7, 11) is 1.93. The number of rotatable bonds is 3. The highest BCUT2D eigenvalue weighted by Crippen LogP contribution is 2.21. The lowest BCUT2D eigenvalue weighted by molar-refractivity contribution is 0.155. The average molecular weight is 216 g/mol. The molecule has 1 aliphatic rings. The number of carbonyl (C=O) groups is 1. The van der Waals surface area contributed by atoms with E-state index in [-0.39, 0.29) is 6.03 Å². The Morgan fingerprint density at radius 1 is 1.43 bits per heavy atom. The standard InChI is InChI=1S/C10H20N2OS/c1-4-12(5-2)10(13)11(3)9-6-7-14-8-9/h9H,4-8H2,1-3H3. The van der Waals surface area contributed by atoms with Crippen molar-refractivity contribution in [2.24, 2.45) is 0 Å². The van der Waals surface area contributed by atoms with Gasteiger partial charge in [-0.05, 0) is 26.0 Å². The molecule has 0 N–H and O–H groups in total. The molecule has 14 heavy (non-hydrogen) atoms. The molecule has 3 nitrogen and oxygen atoms in total.